The average Bonchev–Trinajstić information content (AvgIpc) is 2.79. The van der Waals surface area contributed by atoms with Crippen molar-refractivity contribution in [2.75, 3.05) is 12.4 Å². The number of alkyl halides is 2. The van der Waals surface area contributed by atoms with Gasteiger partial charge in [-0.2, -0.15) is 8.78 Å². The van der Waals surface area contributed by atoms with Gasteiger partial charge in [0.2, 0.25) is 11.9 Å². The van der Waals surface area contributed by atoms with E-state index in [0.29, 0.717) is 12.1 Å². The Morgan fingerprint density at radius 3 is 2.49 bits per heavy atom. The van der Waals surface area contributed by atoms with E-state index in [4.69, 9.17) is 4.74 Å². The van der Waals surface area contributed by atoms with Gasteiger partial charge in [0.05, 0.1) is 22.6 Å². The second-order valence-corrected chi connectivity index (χ2v) is 9.66. The van der Waals surface area contributed by atoms with Crippen molar-refractivity contribution in [1.82, 2.24) is 10.2 Å². The molecule has 1 aliphatic rings. The molecule has 15 heteroatoms. The maximum Gasteiger partial charge on any atom is 0.414 e. The molecule has 2 amide bonds. The van der Waals surface area contributed by atoms with E-state index >= 15 is 4.39 Å². The van der Waals surface area contributed by atoms with Crippen molar-refractivity contribution in [2.24, 2.45) is 4.99 Å². The number of amides is 2. The number of benzene rings is 2. The van der Waals surface area contributed by atoms with Crippen LogP contribution in [-0.2, 0) is 15.1 Å². The standard InChI is InChI=1S/C24H25F4N5O6/c1-23(2,3)39-22(35)30-21-31-24(4,11-16(34)32(21)5)12-7-6-8-14(17(12)26)29-18-15(33(36)37)10-9-13(25)19(18)38-20(27)28/h6-10,20,29H,11H2,1-5H3,(H,30,31,35)/t24-/m0/s1. The number of halogens is 4. The van der Waals surface area contributed by atoms with Gasteiger partial charge >= 0.3 is 12.7 Å². The summed E-state index contributed by atoms with van der Waals surface area (Å²) in [6.45, 7) is 2.76. The Kier molecular flexibility index (Phi) is 8.03. The summed E-state index contributed by atoms with van der Waals surface area (Å²) in [4.78, 5) is 41.0. The molecule has 11 nitrogen and oxygen atoms in total. The first-order valence-electron chi connectivity index (χ1n) is 11.4. The van der Waals surface area contributed by atoms with E-state index in [2.05, 4.69) is 20.4 Å². The molecule has 3 rings (SSSR count). The summed E-state index contributed by atoms with van der Waals surface area (Å²) >= 11 is 0. The van der Waals surface area contributed by atoms with E-state index in [0.717, 1.165) is 11.0 Å². The minimum absolute atomic E-state index is 0.187. The van der Waals surface area contributed by atoms with Gasteiger partial charge in [0, 0.05) is 18.7 Å². The Hall–Kier alpha value is -4.43. The number of hydrogen-bond donors (Lipinski definition) is 2. The highest BCUT2D eigenvalue weighted by Gasteiger charge is 2.40. The highest BCUT2D eigenvalue weighted by Crippen LogP contribution is 2.42. The molecule has 0 saturated carbocycles. The fourth-order valence-corrected chi connectivity index (χ4v) is 3.74. The van der Waals surface area contributed by atoms with Gasteiger partial charge in [-0.15, -0.1) is 0 Å². The molecule has 0 unspecified atom stereocenters. The smallest absolute Gasteiger partial charge is 0.414 e. The summed E-state index contributed by atoms with van der Waals surface area (Å²) < 4.78 is 65.3. The van der Waals surface area contributed by atoms with E-state index in [-0.39, 0.29) is 17.9 Å². The minimum Gasteiger partial charge on any atom is -0.444 e. The lowest BCUT2D eigenvalue weighted by Gasteiger charge is -2.35. The highest BCUT2D eigenvalue weighted by atomic mass is 19.3. The van der Waals surface area contributed by atoms with E-state index in [1.807, 2.05) is 0 Å². The fraction of sp³-hybridized carbons (Fsp3) is 0.375. The molecule has 2 aromatic rings. The molecule has 1 atom stereocenters. The van der Waals surface area contributed by atoms with Crippen LogP contribution in [0.3, 0.4) is 0 Å². The van der Waals surface area contributed by atoms with Gasteiger partial charge in [0.15, 0.2) is 23.1 Å². The van der Waals surface area contributed by atoms with E-state index in [1.54, 1.807) is 20.8 Å². The molecule has 0 spiro atoms. The predicted molar refractivity (Wildman–Crippen MR) is 131 cm³/mol. The maximum atomic E-state index is 15.8. The van der Waals surface area contributed by atoms with E-state index < -0.39 is 69.1 Å². The summed E-state index contributed by atoms with van der Waals surface area (Å²) in [6.07, 6.45) is -1.26. The lowest BCUT2D eigenvalue weighted by molar-refractivity contribution is -0.384. The van der Waals surface area contributed by atoms with Gasteiger partial charge in [-0.05, 0) is 39.8 Å². The van der Waals surface area contributed by atoms with Crippen LogP contribution in [0.4, 0.5) is 39.4 Å². The predicted octanol–water partition coefficient (Wildman–Crippen LogP) is 5.18. The lowest BCUT2D eigenvalue weighted by Crippen LogP contribution is -2.52. The Bertz CT molecular complexity index is 1350. The molecule has 2 N–H and O–H groups in total. The fourth-order valence-electron chi connectivity index (χ4n) is 3.74. The third-order valence-corrected chi connectivity index (χ3v) is 5.48. The van der Waals surface area contributed by atoms with Gasteiger partial charge in [-0.1, -0.05) is 12.1 Å². The number of carbonyl (C=O) groups is 2. The summed E-state index contributed by atoms with van der Waals surface area (Å²) in [5, 5.41) is 16.1. The number of carbonyl (C=O) groups excluding carboxylic acids is 2. The van der Waals surface area contributed by atoms with Gasteiger partial charge in [-0.3, -0.25) is 25.1 Å². The number of hydrogen-bond acceptors (Lipinski definition) is 8. The van der Waals surface area contributed by atoms with Crippen molar-refractivity contribution < 1.29 is 41.5 Å². The van der Waals surface area contributed by atoms with E-state index in [9.17, 15) is 32.9 Å². The van der Waals surface area contributed by atoms with Crippen molar-refractivity contribution in [1.29, 1.82) is 0 Å². The van der Waals surface area contributed by atoms with Crippen LogP contribution in [0.5, 0.6) is 5.75 Å². The summed E-state index contributed by atoms with van der Waals surface area (Å²) in [6, 6.07) is 4.97. The number of ether oxygens (including phenoxy) is 2. The lowest BCUT2D eigenvalue weighted by atomic mass is 9.87. The largest absolute Gasteiger partial charge is 0.444 e. The SMILES string of the molecule is CN1C(=O)C[C@@](C)(c2cccc(Nc3c([N+](=O)[O-])ccc(F)c3OC(F)F)c2F)N=C1NC(=O)OC(C)(C)C. The summed E-state index contributed by atoms with van der Waals surface area (Å²) in [7, 11) is 1.35. The van der Waals surface area contributed by atoms with E-state index in [1.165, 1.54) is 26.1 Å². The Balaban J connectivity index is 2.07. The first-order chi connectivity index (χ1) is 18.0. The highest BCUT2D eigenvalue weighted by molar-refractivity contribution is 6.05. The molecule has 0 aromatic heterocycles. The first-order valence-corrected chi connectivity index (χ1v) is 11.4. The summed E-state index contributed by atoms with van der Waals surface area (Å²) in [5.41, 5.74) is -4.83. The number of nitro groups is 1. The van der Waals surface area contributed by atoms with Crippen LogP contribution in [0, 0.1) is 21.7 Å². The molecule has 0 bridgehead atoms. The van der Waals surface area contributed by atoms with Crippen molar-refractivity contribution in [2.45, 2.75) is 51.9 Å². The number of guanidine groups is 1. The number of nitro benzene ring substituents is 1. The van der Waals surface area contributed by atoms with Crippen molar-refractivity contribution >= 4 is 35.0 Å². The topological polar surface area (TPSA) is 135 Å². The summed E-state index contributed by atoms with van der Waals surface area (Å²) in [5.74, 6) is -4.38. The molecule has 210 valence electrons. The maximum absolute atomic E-state index is 15.8. The normalized spacial score (nSPS) is 17.5. The number of anilines is 2. The molecule has 0 saturated heterocycles. The molecule has 0 aliphatic carbocycles. The third kappa shape index (κ3) is 6.53. The van der Waals surface area contributed by atoms with Crippen molar-refractivity contribution in [3.05, 3.63) is 57.6 Å². The van der Waals surface area contributed by atoms with Crippen LogP contribution < -0.4 is 15.4 Å². The molecule has 0 fully saturated rings. The van der Waals surface area contributed by atoms with Gasteiger partial charge in [0.1, 0.15) is 5.60 Å². The molecule has 1 heterocycles. The molecule has 0 radical (unpaired) electrons. The molecular formula is C24H25F4N5O6. The number of rotatable bonds is 6. The monoisotopic (exact) mass is 555 g/mol. The van der Waals surface area contributed by atoms with Crippen LogP contribution in [0.1, 0.15) is 39.7 Å². The van der Waals surface area contributed by atoms with Crippen LogP contribution in [-0.4, -0.2) is 47.0 Å². The van der Waals surface area contributed by atoms with Crippen LogP contribution in [0.2, 0.25) is 0 Å². The molecule has 39 heavy (non-hydrogen) atoms. The molecule has 2 aromatic carbocycles. The first kappa shape index (κ1) is 29.1. The van der Waals surface area contributed by atoms with Crippen LogP contribution in [0.25, 0.3) is 0 Å². The van der Waals surface area contributed by atoms with Crippen molar-refractivity contribution in [3.63, 3.8) is 0 Å². The van der Waals surface area contributed by atoms with Gasteiger partial charge < -0.3 is 14.8 Å². The van der Waals surface area contributed by atoms with Gasteiger partial charge in [0.25, 0.3) is 5.69 Å². The zero-order valence-electron chi connectivity index (χ0n) is 21.5. The second-order valence-electron chi connectivity index (χ2n) is 9.66. The Morgan fingerprint density at radius 1 is 1.23 bits per heavy atom. The Morgan fingerprint density at radius 2 is 1.90 bits per heavy atom. The minimum atomic E-state index is -3.53. The third-order valence-electron chi connectivity index (χ3n) is 5.48. The molecular weight excluding hydrogens is 530 g/mol. The Labute approximate surface area is 219 Å². The quantitative estimate of drug-likeness (QED) is 0.285. The average molecular weight is 555 g/mol. The van der Waals surface area contributed by atoms with Gasteiger partial charge in [-0.25, -0.2) is 18.6 Å². The van der Waals surface area contributed by atoms with Crippen LogP contribution in [0.15, 0.2) is 35.3 Å². The van der Waals surface area contributed by atoms with Crippen LogP contribution >= 0.6 is 0 Å². The molecule has 1 aliphatic heterocycles. The number of alkyl carbamates (subject to hydrolysis) is 1. The zero-order valence-corrected chi connectivity index (χ0v) is 21.5. The number of nitrogens with zero attached hydrogens (tertiary/aromatic N) is 3. The zero-order chi connectivity index (χ0) is 29.3. The number of nitrogens with one attached hydrogen (secondary N) is 2. The number of aliphatic imine (C=N–C) groups is 1. The van der Waals surface area contributed by atoms with Crippen molar-refractivity contribution in [3.8, 4) is 5.75 Å². The second kappa shape index (κ2) is 10.7.